The summed E-state index contributed by atoms with van der Waals surface area (Å²) in [5.41, 5.74) is 4.00. The fourth-order valence-corrected chi connectivity index (χ4v) is 3.11. The molecule has 1 atom stereocenters. The summed E-state index contributed by atoms with van der Waals surface area (Å²) in [6, 6.07) is 14.5. The van der Waals surface area contributed by atoms with Gasteiger partial charge in [0.2, 0.25) is 0 Å². The van der Waals surface area contributed by atoms with E-state index >= 15 is 0 Å². The van der Waals surface area contributed by atoms with Crippen molar-refractivity contribution in [3.8, 4) is 0 Å². The van der Waals surface area contributed by atoms with Crippen molar-refractivity contribution in [1.29, 1.82) is 0 Å². The third-order valence-electron chi connectivity index (χ3n) is 3.50. The number of aryl methyl sites for hydroxylation is 1. The normalized spacial score (nSPS) is 12.4. The molecular weight excluding hydrogens is 355 g/mol. The number of rotatable bonds is 5. The molecular formula is C17H17BrCl2. The molecule has 20 heavy (non-hydrogen) atoms. The lowest BCUT2D eigenvalue weighted by molar-refractivity contribution is 0.589. The summed E-state index contributed by atoms with van der Waals surface area (Å²) in [6.07, 6.45) is 2.06. The maximum absolute atomic E-state index is 6.08. The summed E-state index contributed by atoms with van der Waals surface area (Å²) >= 11 is 15.7. The summed E-state index contributed by atoms with van der Waals surface area (Å²) in [6.45, 7) is 2.17. The van der Waals surface area contributed by atoms with E-state index in [1.54, 1.807) is 0 Å². The van der Waals surface area contributed by atoms with Gasteiger partial charge in [0.25, 0.3) is 0 Å². The molecule has 3 heteroatoms. The smallest absolute Gasteiger partial charge is 0.0595 e. The predicted octanol–water partition coefficient (Wildman–Crippen LogP) is 6.10. The predicted molar refractivity (Wildman–Crippen MR) is 92.3 cm³/mol. The number of halogens is 3. The summed E-state index contributed by atoms with van der Waals surface area (Å²) in [5.74, 6) is 0.549. The molecule has 0 N–H and O–H groups in total. The molecule has 0 aliphatic heterocycles. The van der Waals surface area contributed by atoms with Crippen molar-refractivity contribution >= 4 is 39.1 Å². The zero-order valence-corrected chi connectivity index (χ0v) is 14.5. The second-order valence-corrected chi connectivity index (χ2v) is 6.57. The molecule has 2 rings (SSSR count). The zero-order valence-electron chi connectivity index (χ0n) is 11.4. The first-order valence-electron chi connectivity index (χ1n) is 6.64. The molecule has 0 aliphatic carbocycles. The minimum absolute atomic E-state index is 0.549. The van der Waals surface area contributed by atoms with E-state index in [-0.39, 0.29) is 0 Å². The minimum atomic E-state index is 0.549. The van der Waals surface area contributed by atoms with Gasteiger partial charge in [-0.1, -0.05) is 69.5 Å². The van der Waals surface area contributed by atoms with Gasteiger partial charge in [0.1, 0.15) is 0 Å². The number of benzene rings is 2. The van der Waals surface area contributed by atoms with E-state index in [0.717, 1.165) is 18.2 Å². The van der Waals surface area contributed by atoms with Crippen LogP contribution in [0.4, 0.5) is 0 Å². The summed E-state index contributed by atoms with van der Waals surface area (Å²) in [5, 5.41) is 2.22. The average molecular weight is 372 g/mol. The Morgan fingerprint density at radius 1 is 1.00 bits per heavy atom. The minimum Gasteiger partial charge on any atom is -0.0925 e. The van der Waals surface area contributed by atoms with Gasteiger partial charge < -0.3 is 0 Å². The molecule has 0 nitrogen and oxygen atoms in total. The molecule has 1 unspecified atom stereocenters. The number of alkyl halides is 1. The van der Waals surface area contributed by atoms with Crippen LogP contribution in [-0.4, -0.2) is 5.33 Å². The molecule has 0 amide bonds. The van der Waals surface area contributed by atoms with E-state index in [2.05, 4.69) is 53.2 Å². The van der Waals surface area contributed by atoms with Crippen LogP contribution in [-0.2, 0) is 12.8 Å². The van der Waals surface area contributed by atoms with Crippen LogP contribution in [0.5, 0.6) is 0 Å². The highest BCUT2D eigenvalue weighted by Gasteiger charge is 2.11. The molecule has 0 aliphatic rings. The maximum Gasteiger partial charge on any atom is 0.0595 e. The van der Waals surface area contributed by atoms with Gasteiger partial charge in [0.15, 0.2) is 0 Å². The first kappa shape index (κ1) is 15.9. The Balaban J connectivity index is 2.09. The van der Waals surface area contributed by atoms with E-state index in [9.17, 15) is 0 Å². The third kappa shape index (κ3) is 4.25. The molecule has 0 saturated carbocycles. The van der Waals surface area contributed by atoms with E-state index in [4.69, 9.17) is 23.2 Å². The molecule has 0 heterocycles. The lowest BCUT2D eigenvalue weighted by atomic mass is 9.92. The summed E-state index contributed by atoms with van der Waals surface area (Å²) < 4.78 is 0. The van der Waals surface area contributed by atoms with Crippen molar-refractivity contribution in [2.75, 3.05) is 5.33 Å². The lowest BCUT2D eigenvalue weighted by Crippen LogP contribution is -2.10. The van der Waals surface area contributed by atoms with Gasteiger partial charge in [-0.15, -0.1) is 0 Å². The fraction of sp³-hybridized carbons (Fsp3) is 0.294. The summed E-state index contributed by atoms with van der Waals surface area (Å²) in [7, 11) is 0. The molecule has 106 valence electrons. The highest BCUT2D eigenvalue weighted by atomic mass is 79.9. The Bertz CT molecular complexity index is 581. The zero-order chi connectivity index (χ0) is 14.5. The first-order valence-corrected chi connectivity index (χ1v) is 8.52. The van der Waals surface area contributed by atoms with Gasteiger partial charge in [-0.05, 0) is 54.5 Å². The van der Waals surface area contributed by atoms with Crippen LogP contribution in [0.2, 0.25) is 10.0 Å². The van der Waals surface area contributed by atoms with Gasteiger partial charge in [0.05, 0.1) is 10.0 Å². The molecule has 2 aromatic carbocycles. The quantitative estimate of drug-likeness (QED) is 0.557. The Morgan fingerprint density at radius 3 is 2.40 bits per heavy atom. The number of hydrogen-bond donors (Lipinski definition) is 0. The van der Waals surface area contributed by atoms with Gasteiger partial charge in [-0.25, -0.2) is 0 Å². The topological polar surface area (TPSA) is 0 Å². The van der Waals surface area contributed by atoms with Crippen LogP contribution >= 0.6 is 39.1 Å². The Labute approximate surface area is 139 Å². The van der Waals surface area contributed by atoms with Crippen molar-refractivity contribution in [1.82, 2.24) is 0 Å². The second-order valence-electron chi connectivity index (χ2n) is 5.10. The van der Waals surface area contributed by atoms with Crippen LogP contribution in [0, 0.1) is 12.8 Å². The molecule has 2 aromatic rings. The Kier molecular flexibility index (Phi) is 5.95. The van der Waals surface area contributed by atoms with Crippen molar-refractivity contribution in [3.63, 3.8) is 0 Å². The van der Waals surface area contributed by atoms with Crippen molar-refractivity contribution in [3.05, 3.63) is 69.2 Å². The lowest BCUT2D eigenvalue weighted by Gasteiger charge is -2.16. The monoisotopic (exact) mass is 370 g/mol. The Morgan fingerprint density at radius 2 is 1.75 bits per heavy atom. The van der Waals surface area contributed by atoms with E-state index in [0.29, 0.717) is 16.0 Å². The standard InChI is InChI=1S/C17H17BrCl2/c1-12-4-2-3-5-15(12)9-14(11-18)8-13-6-7-16(19)17(20)10-13/h2-7,10,14H,8-9,11H2,1H3. The van der Waals surface area contributed by atoms with Crippen molar-refractivity contribution in [2.45, 2.75) is 19.8 Å². The van der Waals surface area contributed by atoms with E-state index < -0.39 is 0 Å². The van der Waals surface area contributed by atoms with Crippen molar-refractivity contribution < 1.29 is 0 Å². The van der Waals surface area contributed by atoms with Crippen LogP contribution < -0.4 is 0 Å². The van der Waals surface area contributed by atoms with E-state index in [1.165, 1.54) is 16.7 Å². The van der Waals surface area contributed by atoms with Gasteiger partial charge >= 0.3 is 0 Å². The molecule has 0 aromatic heterocycles. The molecule has 0 fully saturated rings. The first-order chi connectivity index (χ1) is 9.60. The van der Waals surface area contributed by atoms with Gasteiger partial charge in [-0.3, -0.25) is 0 Å². The second kappa shape index (κ2) is 7.49. The van der Waals surface area contributed by atoms with Gasteiger partial charge in [0, 0.05) is 5.33 Å². The Hall–Kier alpha value is -0.500. The largest absolute Gasteiger partial charge is 0.0925 e. The summed E-state index contributed by atoms with van der Waals surface area (Å²) in [4.78, 5) is 0. The van der Waals surface area contributed by atoms with Crippen LogP contribution in [0.25, 0.3) is 0 Å². The van der Waals surface area contributed by atoms with Crippen molar-refractivity contribution in [2.24, 2.45) is 5.92 Å². The van der Waals surface area contributed by atoms with Crippen LogP contribution in [0.15, 0.2) is 42.5 Å². The van der Waals surface area contributed by atoms with Crippen LogP contribution in [0.1, 0.15) is 16.7 Å². The SMILES string of the molecule is Cc1ccccc1CC(CBr)Cc1ccc(Cl)c(Cl)c1. The average Bonchev–Trinajstić information content (AvgIpc) is 2.44. The molecule has 0 bridgehead atoms. The molecule has 0 spiro atoms. The van der Waals surface area contributed by atoms with Crippen LogP contribution in [0.3, 0.4) is 0 Å². The number of hydrogen-bond acceptors (Lipinski definition) is 0. The van der Waals surface area contributed by atoms with Gasteiger partial charge in [-0.2, -0.15) is 0 Å². The fourth-order valence-electron chi connectivity index (χ4n) is 2.33. The highest BCUT2D eigenvalue weighted by Crippen LogP contribution is 2.25. The highest BCUT2D eigenvalue weighted by molar-refractivity contribution is 9.09. The molecule has 0 radical (unpaired) electrons. The third-order valence-corrected chi connectivity index (χ3v) is 5.15. The van der Waals surface area contributed by atoms with E-state index in [1.807, 2.05) is 12.1 Å². The maximum atomic E-state index is 6.08. The molecule has 0 saturated heterocycles.